The molecule has 0 spiro atoms. The quantitative estimate of drug-likeness (QED) is 0.449. The highest BCUT2D eigenvalue weighted by molar-refractivity contribution is 7.98. The first-order valence-corrected chi connectivity index (χ1v) is 10.3. The minimum atomic E-state index is -0.170. The molecule has 150 valence electrons. The maximum atomic E-state index is 12.5. The van der Waals surface area contributed by atoms with Gasteiger partial charge >= 0.3 is 0 Å². The Labute approximate surface area is 177 Å². The number of hydrogen-bond donors (Lipinski definition) is 2. The van der Waals surface area contributed by atoms with E-state index in [1.807, 2.05) is 54.6 Å². The number of anilines is 1. The summed E-state index contributed by atoms with van der Waals surface area (Å²) in [6, 6.07) is 20.0. The van der Waals surface area contributed by atoms with Gasteiger partial charge in [-0.05, 0) is 41.5 Å². The molecule has 0 radical (unpaired) electrons. The third-order valence-corrected chi connectivity index (χ3v) is 5.40. The van der Waals surface area contributed by atoms with Gasteiger partial charge in [-0.15, -0.1) is 0 Å². The molecule has 0 saturated carbocycles. The number of hydrogen-bond acceptors (Lipinski definition) is 5. The van der Waals surface area contributed by atoms with Crippen LogP contribution in [0.1, 0.15) is 21.5 Å². The van der Waals surface area contributed by atoms with E-state index in [-0.39, 0.29) is 11.5 Å². The standard InChI is InChI=1S/C22H19N5O2S/c28-20-3-1-2-12-27(20)13-16-6-10-19(11-7-16)25-21(29)18-8-4-17(5-9-18)14-30-22-23-15-24-26-22/h1-12,15H,13-14H2,(H,25,29)(H,23,24,26). The molecule has 1 amide bonds. The highest BCUT2D eigenvalue weighted by Crippen LogP contribution is 2.19. The molecule has 2 aromatic carbocycles. The molecule has 4 rings (SSSR count). The summed E-state index contributed by atoms with van der Waals surface area (Å²) in [5, 5.41) is 10.3. The van der Waals surface area contributed by atoms with Crippen LogP contribution in [0, 0.1) is 0 Å². The number of aromatic amines is 1. The van der Waals surface area contributed by atoms with Crippen molar-refractivity contribution in [3.63, 3.8) is 0 Å². The monoisotopic (exact) mass is 417 g/mol. The lowest BCUT2D eigenvalue weighted by Crippen LogP contribution is -2.18. The summed E-state index contributed by atoms with van der Waals surface area (Å²) in [4.78, 5) is 28.4. The molecule has 2 aromatic heterocycles. The second-order valence-electron chi connectivity index (χ2n) is 6.59. The largest absolute Gasteiger partial charge is 0.322 e. The third kappa shape index (κ3) is 5.03. The molecule has 0 fully saturated rings. The average molecular weight is 417 g/mol. The first-order valence-electron chi connectivity index (χ1n) is 9.30. The van der Waals surface area contributed by atoms with E-state index >= 15 is 0 Å². The van der Waals surface area contributed by atoms with Gasteiger partial charge in [0.1, 0.15) is 6.33 Å². The van der Waals surface area contributed by atoms with Crippen LogP contribution in [-0.2, 0) is 12.3 Å². The maximum absolute atomic E-state index is 12.5. The van der Waals surface area contributed by atoms with E-state index in [9.17, 15) is 9.59 Å². The normalized spacial score (nSPS) is 10.7. The number of rotatable bonds is 7. The molecule has 0 atom stereocenters. The molecule has 0 aliphatic heterocycles. The van der Waals surface area contributed by atoms with Crippen LogP contribution in [0.3, 0.4) is 0 Å². The number of carbonyl (C=O) groups is 1. The van der Waals surface area contributed by atoms with Crippen LogP contribution in [0.2, 0.25) is 0 Å². The second-order valence-corrected chi connectivity index (χ2v) is 7.56. The SMILES string of the molecule is O=C(Nc1ccc(Cn2ccccc2=O)cc1)c1ccc(CSc2ncn[nH]2)cc1. The van der Waals surface area contributed by atoms with Gasteiger partial charge in [-0.25, -0.2) is 4.98 Å². The van der Waals surface area contributed by atoms with Gasteiger partial charge in [0.25, 0.3) is 11.5 Å². The summed E-state index contributed by atoms with van der Waals surface area (Å²) in [6.07, 6.45) is 3.23. The van der Waals surface area contributed by atoms with E-state index in [2.05, 4.69) is 20.5 Å². The van der Waals surface area contributed by atoms with Crippen LogP contribution < -0.4 is 10.9 Å². The predicted molar refractivity (Wildman–Crippen MR) is 117 cm³/mol. The Bertz CT molecular complexity index is 1170. The van der Waals surface area contributed by atoms with Gasteiger partial charge in [0.15, 0.2) is 5.16 Å². The molecular weight excluding hydrogens is 398 g/mol. The van der Waals surface area contributed by atoms with Crippen molar-refractivity contribution >= 4 is 23.4 Å². The molecule has 2 N–H and O–H groups in total. The van der Waals surface area contributed by atoms with Crippen molar-refractivity contribution in [1.82, 2.24) is 19.7 Å². The first-order chi connectivity index (χ1) is 14.7. The summed E-state index contributed by atoms with van der Waals surface area (Å²) >= 11 is 1.55. The molecule has 7 nitrogen and oxygen atoms in total. The van der Waals surface area contributed by atoms with Gasteiger partial charge in [-0.1, -0.05) is 42.1 Å². The number of nitrogens with one attached hydrogen (secondary N) is 2. The summed E-state index contributed by atoms with van der Waals surface area (Å²) in [5.74, 6) is 0.569. The van der Waals surface area contributed by atoms with Crippen molar-refractivity contribution in [2.45, 2.75) is 17.5 Å². The van der Waals surface area contributed by atoms with Crippen LogP contribution in [-0.4, -0.2) is 25.7 Å². The van der Waals surface area contributed by atoms with Crippen molar-refractivity contribution in [3.05, 3.63) is 106 Å². The summed E-state index contributed by atoms with van der Waals surface area (Å²) in [6.45, 7) is 0.488. The molecule has 8 heteroatoms. The average Bonchev–Trinajstić information content (AvgIpc) is 3.29. The maximum Gasteiger partial charge on any atom is 0.255 e. The fraction of sp³-hybridized carbons (Fsp3) is 0.0909. The van der Waals surface area contributed by atoms with E-state index < -0.39 is 0 Å². The number of benzene rings is 2. The van der Waals surface area contributed by atoms with Crippen LogP contribution in [0.15, 0.2) is 89.2 Å². The Morgan fingerprint density at radius 2 is 1.77 bits per heavy atom. The Morgan fingerprint density at radius 1 is 1.00 bits per heavy atom. The summed E-state index contributed by atoms with van der Waals surface area (Å²) in [7, 11) is 0. The molecule has 0 aliphatic carbocycles. The Hall–Kier alpha value is -3.65. The lowest BCUT2D eigenvalue weighted by Gasteiger charge is -2.08. The molecular formula is C22H19N5O2S. The van der Waals surface area contributed by atoms with Crippen LogP contribution in [0.4, 0.5) is 5.69 Å². The number of pyridine rings is 1. The zero-order valence-corrected chi connectivity index (χ0v) is 16.8. The van der Waals surface area contributed by atoms with Gasteiger partial charge in [-0.3, -0.25) is 14.7 Å². The number of aromatic nitrogens is 4. The molecule has 4 aromatic rings. The van der Waals surface area contributed by atoms with Crippen molar-refractivity contribution in [2.24, 2.45) is 0 Å². The van der Waals surface area contributed by atoms with E-state index in [1.54, 1.807) is 28.6 Å². The van der Waals surface area contributed by atoms with Crippen LogP contribution in [0.25, 0.3) is 0 Å². The minimum absolute atomic E-state index is 0.0439. The minimum Gasteiger partial charge on any atom is -0.322 e. The van der Waals surface area contributed by atoms with Crippen LogP contribution >= 0.6 is 11.8 Å². The zero-order chi connectivity index (χ0) is 20.8. The topological polar surface area (TPSA) is 92.7 Å². The van der Waals surface area contributed by atoms with E-state index in [0.29, 0.717) is 17.8 Å². The van der Waals surface area contributed by atoms with Gasteiger partial charge in [0, 0.05) is 29.3 Å². The number of nitrogens with zero attached hydrogens (tertiary/aromatic N) is 3. The first kappa shape index (κ1) is 19.7. The molecule has 0 unspecified atom stereocenters. The van der Waals surface area contributed by atoms with E-state index in [1.165, 1.54) is 12.4 Å². The zero-order valence-electron chi connectivity index (χ0n) is 16.0. The second kappa shape index (κ2) is 9.23. The van der Waals surface area contributed by atoms with E-state index in [0.717, 1.165) is 22.0 Å². The fourth-order valence-corrected chi connectivity index (χ4v) is 3.59. The van der Waals surface area contributed by atoms with Gasteiger partial charge < -0.3 is 9.88 Å². The molecule has 0 aliphatic rings. The van der Waals surface area contributed by atoms with Gasteiger partial charge in [0.05, 0.1) is 6.54 Å². The van der Waals surface area contributed by atoms with Crippen molar-refractivity contribution in [2.75, 3.05) is 5.32 Å². The van der Waals surface area contributed by atoms with Gasteiger partial charge in [0.2, 0.25) is 0 Å². The lowest BCUT2D eigenvalue weighted by molar-refractivity contribution is 0.102. The number of amides is 1. The fourth-order valence-electron chi connectivity index (χ4n) is 2.85. The lowest BCUT2D eigenvalue weighted by atomic mass is 10.1. The Balaban J connectivity index is 1.34. The smallest absolute Gasteiger partial charge is 0.255 e. The molecule has 2 heterocycles. The van der Waals surface area contributed by atoms with E-state index in [4.69, 9.17) is 0 Å². The summed E-state index contributed by atoms with van der Waals surface area (Å²) in [5.41, 5.74) is 3.32. The van der Waals surface area contributed by atoms with Crippen molar-refractivity contribution in [3.8, 4) is 0 Å². The number of thioether (sulfide) groups is 1. The third-order valence-electron chi connectivity index (χ3n) is 4.45. The van der Waals surface area contributed by atoms with Crippen molar-refractivity contribution < 1.29 is 4.79 Å². The van der Waals surface area contributed by atoms with Crippen LogP contribution in [0.5, 0.6) is 0 Å². The highest BCUT2D eigenvalue weighted by atomic mass is 32.2. The number of carbonyl (C=O) groups excluding carboxylic acids is 1. The highest BCUT2D eigenvalue weighted by Gasteiger charge is 2.07. The number of H-pyrrole nitrogens is 1. The molecule has 30 heavy (non-hydrogen) atoms. The Morgan fingerprint density at radius 3 is 2.47 bits per heavy atom. The molecule has 0 saturated heterocycles. The van der Waals surface area contributed by atoms with Crippen molar-refractivity contribution in [1.29, 1.82) is 0 Å². The Kier molecular flexibility index (Phi) is 6.05. The summed E-state index contributed by atoms with van der Waals surface area (Å²) < 4.78 is 1.63. The van der Waals surface area contributed by atoms with Gasteiger partial charge in [-0.2, -0.15) is 5.10 Å². The molecule has 0 bridgehead atoms. The predicted octanol–water partition coefficient (Wildman–Crippen LogP) is 3.56.